The minimum atomic E-state index is -0.713. The number of carbonyl (C=O) groups excluding carboxylic acids is 1. The van der Waals surface area contributed by atoms with Crippen LogP contribution >= 0.6 is 0 Å². The second kappa shape index (κ2) is 7.87. The summed E-state index contributed by atoms with van der Waals surface area (Å²) in [6, 6.07) is 17.0. The molecule has 1 heterocycles. The maximum absolute atomic E-state index is 13.7. The van der Waals surface area contributed by atoms with E-state index >= 15 is 0 Å². The highest BCUT2D eigenvalue weighted by Gasteiger charge is 2.28. The third-order valence-electron chi connectivity index (χ3n) is 5.30. The lowest BCUT2D eigenvalue weighted by atomic mass is 10.0. The van der Waals surface area contributed by atoms with Crippen molar-refractivity contribution in [1.29, 1.82) is 0 Å². The molecule has 4 rings (SSSR count). The van der Waals surface area contributed by atoms with Crippen LogP contribution in [0.5, 0.6) is 0 Å². The monoisotopic (exact) mass is 392 g/mol. The zero-order chi connectivity index (χ0) is 20.4. The Bertz CT molecular complexity index is 1100. The minimum absolute atomic E-state index is 0.0969. The number of nitrogens with two attached hydrogens (primary N) is 1. The number of aromatic nitrogens is 2. The molecule has 0 unspecified atom stereocenters. The van der Waals surface area contributed by atoms with Crippen molar-refractivity contribution in [1.82, 2.24) is 14.9 Å². The van der Waals surface area contributed by atoms with Crippen molar-refractivity contribution in [2.75, 3.05) is 5.73 Å². The molecule has 1 aromatic heterocycles. The topological polar surface area (TPSA) is 90.0 Å². The van der Waals surface area contributed by atoms with Gasteiger partial charge in [-0.2, -0.15) is 4.98 Å². The Morgan fingerprint density at radius 3 is 2.66 bits per heavy atom. The molecule has 29 heavy (non-hydrogen) atoms. The quantitative estimate of drug-likeness (QED) is 0.714. The lowest BCUT2D eigenvalue weighted by Gasteiger charge is -2.16. The van der Waals surface area contributed by atoms with Gasteiger partial charge in [0.25, 0.3) is 5.91 Å². The van der Waals surface area contributed by atoms with E-state index in [4.69, 9.17) is 5.73 Å². The molecule has 148 valence electrons. The summed E-state index contributed by atoms with van der Waals surface area (Å²) in [7, 11) is 0. The molecule has 0 radical (unpaired) electrons. The Morgan fingerprint density at radius 2 is 1.86 bits per heavy atom. The number of hydrogen-bond donors (Lipinski definition) is 2. The summed E-state index contributed by atoms with van der Waals surface area (Å²) in [4.78, 5) is 28.3. The average molecular weight is 392 g/mol. The van der Waals surface area contributed by atoms with Crippen LogP contribution in [0.25, 0.3) is 11.1 Å². The van der Waals surface area contributed by atoms with E-state index in [-0.39, 0.29) is 18.0 Å². The van der Waals surface area contributed by atoms with E-state index in [0.717, 1.165) is 17.3 Å². The standard InChI is InChI=1S/C22H21FN4O2/c23-19-13-27(22(29)26-20(19)24)18-10-9-17(12-18)25-21(28)16-8-4-7-15(11-16)14-5-2-1-3-6-14/h1-8,11,13,17-18H,9-10,12H2,(H,25,28)(H2,24,26,29)/t17-,18-/m0/s1. The number of hydrogen-bond acceptors (Lipinski definition) is 4. The first-order chi connectivity index (χ1) is 14.0. The fraction of sp³-hybridized carbons (Fsp3) is 0.227. The van der Waals surface area contributed by atoms with E-state index in [1.807, 2.05) is 48.5 Å². The number of nitrogens with one attached hydrogen (secondary N) is 1. The van der Waals surface area contributed by atoms with Gasteiger partial charge < -0.3 is 11.1 Å². The second-order valence-corrected chi connectivity index (χ2v) is 7.25. The van der Waals surface area contributed by atoms with Gasteiger partial charge in [-0.15, -0.1) is 0 Å². The molecule has 1 aliphatic rings. The number of halogens is 1. The zero-order valence-electron chi connectivity index (χ0n) is 15.7. The van der Waals surface area contributed by atoms with Crippen LogP contribution in [0.4, 0.5) is 10.2 Å². The number of nitrogen functional groups attached to an aromatic ring is 1. The molecule has 1 aliphatic carbocycles. The Morgan fingerprint density at radius 1 is 1.10 bits per heavy atom. The van der Waals surface area contributed by atoms with Crippen LogP contribution in [0.2, 0.25) is 0 Å². The van der Waals surface area contributed by atoms with E-state index in [2.05, 4.69) is 10.3 Å². The lowest BCUT2D eigenvalue weighted by molar-refractivity contribution is 0.0937. The van der Waals surface area contributed by atoms with E-state index < -0.39 is 17.3 Å². The molecular formula is C22H21FN4O2. The van der Waals surface area contributed by atoms with Crippen molar-refractivity contribution in [2.45, 2.75) is 31.3 Å². The van der Waals surface area contributed by atoms with Gasteiger partial charge in [0.05, 0.1) is 0 Å². The predicted octanol–water partition coefficient (Wildman–Crippen LogP) is 3.16. The minimum Gasteiger partial charge on any atom is -0.381 e. The van der Waals surface area contributed by atoms with Crippen LogP contribution in [0, 0.1) is 5.82 Å². The Balaban J connectivity index is 1.45. The largest absolute Gasteiger partial charge is 0.381 e. The van der Waals surface area contributed by atoms with E-state index in [9.17, 15) is 14.0 Å². The number of carbonyl (C=O) groups is 1. The average Bonchev–Trinajstić information content (AvgIpc) is 3.19. The lowest BCUT2D eigenvalue weighted by Crippen LogP contribution is -2.34. The molecule has 2 atom stereocenters. The molecule has 1 fully saturated rings. The normalized spacial score (nSPS) is 18.5. The van der Waals surface area contributed by atoms with Crippen LogP contribution < -0.4 is 16.7 Å². The Kier molecular flexibility index (Phi) is 5.12. The van der Waals surface area contributed by atoms with Crippen molar-refractivity contribution in [3.8, 4) is 11.1 Å². The van der Waals surface area contributed by atoms with Gasteiger partial charge in [0.1, 0.15) is 0 Å². The number of anilines is 1. The summed E-state index contributed by atoms with van der Waals surface area (Å²) >= 11 is 0. The van der Waals surface area contributed by atoms with Gasteiger partial charge in [0.15, 0.2) is 11.6 Å². The SMILES string of the molecule is Nc1nc(=O)n([C@H]2CC[C@H](NC(=O)c3cccc(-c4ccccc4)c3)C2)cc1F. The second-order valence-electron chi connectivity index (χ2n) is 7.25. The molecule has 7 heteroatoms. The summed E-state index contributed by atoms with van der Waals surface area (Å²) in [6.45, 7) is 0. The summed E-state index contributed by atoms with van der Waals surface area (Å²) in [5.41, 5.74) is 7.36. The number of rotatable bonds is 4. The van der Waals surface area contributed by atoms with Crippen LogP contribution in [0.1, 0.15) is 35.7 Å². The van der Waals surface area contributed by atoms with Crippen molar-refractivity contribution < 1.29 is 9.18 Å². The third-order valence-corrected chi connectivity index (χ3v) is 5.30. The van der Waals surface area contributed by atoms with Crippen LogP contribution in [-0.4, -0.2) is 21.5 Å². The molecule has 3 N–H and O–H groups in total. The van der Waals surface area contributed by atoms with Crippen LogP contribution in [0.15, 0.2) is 65.6 Å². The van der Waals surface area contributed by atoms with Crippen LogP contribution in [0.3, 0.4) is 0 Å². The van der Waals surface area contributed by atoms with Gasteiger partial charge in [-0.05, 0) is 42.5 Å². The fourth-order valence-electron chi connectivity index (χ4n) is 3.80. The summed E-state index contributed by atoms with van der Waals surface area (Å²) < 4.78 is 15.0. The van der Waals surface area contributed by atoms with E-state index in [1.165, 1.54) is 4.57 Å². The predicted molar refractivity (Wildman–Crippen MR) is 109 cm³/mol. The number of amides is 1. The molecule has 3 aromatic rings. The smallest absolute Gasteiger partial charge is 0.349 e. The molecule has 0 aliphatic heterocycles. The first-order valence-corrected chi connectivity index (χ1v) is 9.52. The van der Waals surface area contributed by atoms with E-state index in [1.54, 1.807) is 6.07 Å². The molecule has 2 aromatic carbocycles. The molecular weight excluding hydrogens is 371 g/mol. The highest BCUT2D eigenvalue weighted by Crippen LogP contribution is 2.29. The highest BCUT2D eigenvalue weighted by atomic mass is 19.1. The summed E-state index contributed by atoms with van der Waals surface area (Å²) in [6.07, 6.45) is 2.99. The van der Waals surface area contributed by atoms with Gasteiger partial charge in [0, 0.05) is 23.8 Å². The fourth-order valence-corrected chi connectivity index (χ4v) is 3.80. The first-order valence-electron chi connectivity index (χ1n) is 9.52. The van der Waals surface area contributed by atoms with Crippen molar-refractivity contribution in [3.05, 3.63) is 82.7 Å². The summed E-state index contributed by atoms with van der Waals surface area (Å²) in [5.74, 6) is -1.27. The van der Waals surface area contributed by atoms with Gasteiger partial charge >= 0.3 is 5.69 Å². The number of benzene rings is 2. The summed E-state index contributed by atoms with van der Waals surface area (Å²) in [5, 5.41) is 3.03. The van der Waals surface area contributed by atoms with Crippen molar-refractivity contribution in [3.63, 3.8) is 0 Å². The maximum Gasteiger partial charge on any atom is 0.349 e. The van der Waals surface area contributed by atoms with Gasteiger partial charge in [0.2, 0.25) is 0 Å². The van der Waals surface area contributed by atoms with Gasteiger partial charge in [-0.1, -0.05) is 42.5 Å². The van der Waals surface area contributed by atoms with Crippen molar-refractivity contribution >= 4 is 11.7 Å². The highest BCUT2D eigenvalue weighted by molar-refractivity contribution is 5.95. The molecule has 1 amide bonds. The molecule has 0 saturated heterocycles. The van der Waals surface area contributed by atoms with Gasteiger partial charge in [-0.25, -0.2) is 9.18 Å². The molecule has 0 bridgehead atoms. The maximum atomic E-state index is 13.7. The van der Waals surface area contributed by atoms with E-state index in [0.29, 0.717) is 24.8 Å². The Labute approximate surface area is 167 Å². The van der Waals surface area contributed by atoms with Crippen LogP contribution in [-0.2, 0) is 0 Å². The molecule has 0 spiro atoms. The van der Waals surface area contributed by atoms with Gasteiger partial charge in [-0.3, -0.25) is 9.36 Å². The first kappa shape index (κ1) is 18.9. The molecule has 6 nitrogen and oxygen atoms in total. The third kappa shape index (κ3) is 4.03. The van der Waals surface area contributed by atoms with Crippen molar-refractivity contribution in [2.24, 2.45) is 0 Å². The zero-order valence-corrected chi connectivity index (χ0v) is 15.7. The number of nitrogens with zero attached hydrogens (tertiary/aromatic N) is 2. The molecule has 1 saturated carbocycles. The Hall–Kier alpha value is -3.48.